The van der Waals surface area contributed by atoms with E-state index in [1.54, 1.807) is 70.7 Å². The minimum absolute atomic E-state index is 0.152. The van der Waals surface area contributed by atoms with E-state index in [9.17, 15) is 9.59 Å². The molecule has 139 heavy (non-hydrogen) atoms. The Balaban J connectivity index is 0.000000111. The number of hydrogen-bond donors (Lipinski definition) is 3. The van der Waals surface area contributed by atoms with Gasteiger partial charge in [-0.05, 0) is 224 Å². The zero-order valence-corrected chi connectivity index (χ0v) is 78.7. The number of pyridine rings is 6. The predicted molar refractivity (Wildman–Crippen MR) is 567 cm³/mol. The molecule has 0 saturated carbocycles. The van der Waals surface area contributed by atoms with Crippen molar-refractivity contribution in [1.29, 1.82) is 0 Å². The molecule has 26 rings (SSSR count). The number of esters is 1. The van der Waals surface area contributed by atoms with E-state index in [1.807, 2.05) is 231 Å². The molecule has 1 aliphatic heterocycles. The fraction of sp³-hybridized carbons (Fsp3) is 0.0588. The molecule has 25 aromatic rings. The van der Waals surface area contributed by atoms with E-state index in [4.69, 9.17) is 60.6 Å². The van der Waals surface area contributed by atoms with E-state index in [1.165, 1.54) is 0 Å². The van der Waals surface area contributed by atoms with Crippen LogP contribution in [0.2, 0.25) is 0 Å². The largest absolute Gasteiger partial charge is 0.456 e. The number of fused-ring (bicyclic) bond motifs is 20. The van der Waals surface area contributed by atoms with Gasteiger partial charge in [0, 0.05) is 151 Å². The number of aliphatic hydroxyl groups is 2. The number of ether oxygens (including phenoxy) is 1. The van der Waals surface area contributed by atoms with Gasteiger partial charge in [-0.1, -0.05) is 231 Å². The maximum Gasteiger partial charge on any atom is 0.315 e. The number of carbonyl (C=O) groups excluding carboxylic acids is 2. The SMILES string of the molecule is Brc1ccc(-c2nc3cc4c(cc3c3oc5ccccc5c23)oc2ccccc24)cc1.CC(C)(O)C(C)(C)O.Nc1ccc2oc3ccccc3c2c1.O=C1Cc2ccccc2O1.O=Cc1ccc(Br)cc1.[B]c1cc(-c2cccnc2)cc(-c2cccnc2)c1.c1cncc(-c2cc(-c3ccc(-c4nc5cc6c(cc5c5oc7ccccc7c45)oc4ccccc46)cc3)cc(-c3cccnc3)c2)c1. The number of benzene rings is 14. The number of aldehydes is 1. The van der Waals surface area contributed by atoms with Crippen molar-refractivity contribution in [3.8, 4) is 83.9 Å². The summed E-state index contributed by atoms with van der Waals surface area (Å²) in [5.41, 5.74) is 31.9. The first-order valence-electron chi connectivity index (χ1n) is 44.9. The van der Waals surface area contributed by atoms with Crippen LogP contribution in [0.4, 0.5) is 5.69 Å². The second kappa shape index (κ2) is 39.0. The van der Waals surface area contributed by atoms with Gasteiger partial charge in [0.15, 0.2) is 0 Å². The lowest BCUT2D eigenvalue weighted by Crippen LogP contribution is -2.44. The summed E-state index contributed by atoms with van der Waals surface area (Å²) < 4.78 is 37.9. The first-order chi connectivity index (χ1) is 67.6. The Hall–Kier alpha value is -16.6. The lowest BCUT2D eigenvalue weighted by atomic mass is 9.89. The van der Waals surface area contributed by atoms with Crippen molar-refractivity contribution >= 4 is 195 Å². The minimum Gasteiger partial charge on any atom is -0.456 e. The van der Waals surface area contributed by atoms with Crippen LogP contribution in [0.25, 0.3) is 210 Å². The maximum atomic E-state index is 10.7. The van der Waals surface area contributed by atoms with Gasteiger partial charge in [0.05, 0.1) is 50.8 Å². The molecule has 0 aliphatic carbocycles. The highest BCUT2D eigenvalue weighted by Crippen LogP contribution is 2.46. The van der Waals surface area contributed by atoms with Crippen LogP contribution < -0.4 is 15.9 Å². The summed E-state index contributed by atoms with van der Waals surface area (Å²) in [6, 6.07) is 115. The molecule has 0 fully saturated rings. The number of aromatic nitrogens is 6. The highest BCUT2D eigenvalue weighted by atomic mass is 79.9. The first kappa shape index (κ1) is 90.2. The molecule has 17 nitrogen and oxygen atoms in total. The van der Waals surface area contributed by atoms with Gasteiger partial charge in [-0.25, -0.2) is 9.97 Å². The molecule has 20 heteroatoms. The Morgan fingerprint density at radius 2 is 0.676 bits per heavy atom. The van der Waals surface area contributed by atoms with Gasteiger partial charge < -0.3 is 42.8 Å². The summed E-state index contributed by atoms with van der Waals surface area (Å²) in [5.74, 6) is 0.564. The summed E-state index contributed by atoms with van der Waals surface area (Å²) in [6.07, 6.45) is 15.9. The van der Waals surface area contributed by atoms with Crippen LogP contribution in [0.15, 0.2) is 426 Å². The highest BCUT2D eigenvalue weighted by molar-refractivity contribution is 9.10. The van der Waals surface area contributed by atoms with Crippen molar-refractivity contribution < 1.29 is 46.6 Å². The Labute approximate surface area is 815 Å². The van der Waals surface area contributed by atoms with Crippen molar-refractivity contribution in [2.24, 2.45) is 0 Å². The molecule has 14 aromatic carbocycles. The molecule has 4 N–H and O–H groups in total. The zero-order valence-electron chi connectivity index (χ0n) is 75.6. The van der Waals surface area contributed by atoms with Crippen LogP contribution in [0.3, 0.4) is 0 Å². The van der Waals surface area contributed by atoms with E-state index in [-0.39, 0.29) is 5.97 Å². The molecule has 0 amide bonds. The molecular formula is C119H84BBr2N7O10. The third-order valence-corrected chi connectivity index (χ3v) is 25.6. The normalized spacial score (nSPS) is 11.7. The number of carbonyl (C=O) groups is 2. The number of anilines is 1. The Morgan fingerprint density at radius 1 is 0.331 bits per heavy atom. The molecule has 0 spiro atoms. The van der Waals surface area contributed by atoms with E-state index < -0.39 is 11.2 Å². The second-order valence-corrected chi connectivity index (χ2v) is 36.4. The van der Waals surface area contributed by atoms with E-state index >= 15 is 0 Å². The van der Waals surface area contributed by atoms with E-state index in [0.717, 1.165) is 242 Å². The Morgan fingerprint density at radius 3 is 1.08 bits per heavy atom. The molecule has 2 radical (unpaired) electrons. The highest BCUT2D eigenvalue weighted by Gasteiger charge is 2.32. The summed E-state index contributed by atoms with van der Waals surface area (Å²) in [5, 5.41) is 30.7. The third-order valence-electron chi connectivity index (χ3n) is 24.5. The fourth-order valence-electron chi connectivity index (χ4n) is 16.8. The van der Waals surface area contributed by atoms with Crippen molar-refractivity contribution in [2.75, 3.05) is 5.73 Å². The number of hydrogen-bond acceptors (Lipinski definition) is 17. The molecular weight excluding hydrogens is 1860 g/mol. The monoisotopic (exact) mass is 1940 g/mol. The minimum atomic E-state index is -1.01. The van der Waals surface area contributed by atoms with Crippen molar-refractivity contribution in [3.63, 3.8) is 0 Å². The first-order valence-corrected chi connectivity index (χ1v) is 46.5. The molecule has 0 saturated heterocycles. The van der Waals surface area contributed by atoms with Crippen molar-refractivity contribution in [1.82, 2.24) is 29.9 Å². The van der Waals surface area contributed by atoms with Crippen LogP contribution in [0, 0.1) is 0 Å². The zero-order chi connectivity index (χ0) is 95.4. The van der Waals surface area contributed by atoms with Gasteiger partial charge in [-0.2, -0.15) is 0 Å². The van der Waals surface area contributed by atoms with Gasteiger partial charge in [0.25, 0.3) is 0 Å². The van der Waals surface area contributed by atoms with Crippen LogP contribution in [0.1, 0.15) is 43.6 Å². The van der Waals surface area contributed by atoms with E-state index in [2.05, 4.69) is 173 Å². The number of nitrogens with two attached hydrogens (primary N) is 1. The van der Waals surface area contributed by atoms with Gasteiger partial charge in [0.1, 0.15) is 75.7 Å². The standard InChI is InChI=1S/C43H25N3O2.C27H14BrNO2.C16H11BN2.C12H9NO.C8H6O2.C7H5BrO.C6H14O2/c1-3-11-38-33(9-1)35-22-37-36(23-40(35)47-38)43-41(34-10-2-4-12-39(34)48-43)42(46-37)27-15-13-26(14-16-27)30-19-31(28-7-5-17-44-24-28)21-32(20-30)29-8-6-18-45-25-29;28-16-11-9-15(10-12-16)26-25-18-6-2-4-8-23(18)31-27(25)20-14-24-19(13-21(20)29-26)17-5-1-3-7-22(17)30-24;17-16-8-14(12-3-1-5-18-10-12)7-15(9-16)13-4-2-6-19-11-13;13-8-5-6-12-10(7-8)9-3-1-2-4-11(9)14-12;9-8-5-6-3-1-2-4-7(6)10-8;8-7-3-1-6(5-9)2-4-7;1-5(2,7)6(3,4)8/h1-25H;1-14H;1-11H;1-7H,13H2;1-4H,5H2;1-5H;7-8H,1-4H3. The van der Waals surface area contributed by atoms with Gasteiger partial charge in [0.2, 0.25) is 0 Å². The number of halogens is 2. The van der Waals surface area contributed by atoms with Crippen LogP contribution in [-0.4, -0.2) is 71.4 Å². The summed E-state index contributed by atoms with van der Waals surface area (Å²) in [7, 11) is 5.99. The smallest absolute Gasteiger partial charge is 0.315 e. The fourth-order valence-corrected chi connectivity index (χ4v) is 17.3. The lowest BCUT2D eigenvalue weighted by molar-refractivity contribution is -0.131. The average Bonchev–Trinajstić information content (AvgIpc) is 1.58. The molecule has 1 aliphatic rings. The topological polar surface area (TPSA) is 253 Å². The van der Waals surface area contributed by atoms with Crippen LogP contribution in [0.5, 0.6) is 5.75 Å². The predicted octanol–water partition coefficient (Wildman–Crippen LogP) is 29.7. The van der Waals surface area contributed by atoms with Crippen molar-refractivity contribution in [3.05, 3.63) is 415 Å². The van der Waals surface area contributed by atoms with Gasteiger partial charge in [-0.3, -0.25) is 29.5 Å². The Kier molecular flexibility index (Phi) is 25.3. The molecule has 672 valence electrons. The lowest BCUT2D eigenvalue weighted by Gasteiger charge is -2.31. The molecule has 12 heterocycles. The number of para-hydroxylation sites is 6. The average molecular weight is 1940 g/mol. The summed E-state index contributed by atoms with van der Waals surface area (Å²) >= 11 is 6.79. The third kappa shape index (κ3) is 19.3. The van der Waals surface area contributed by atoms with Crippen molar-refractivity contribution in [2.45, 2.75) is 45.3 Å². The van der Waals surface area contributed by atoms with Gasteiger partial charge >= 0.3 is 5.97 Å². The van der Waals surface area contributed by atoms with E-state index in [0.29, 0.717) is 17.7 Å². The number of furan rings is 5. The quantitative estimate of drug-likeness (QED) is 0.0399. The number of nitrogens with zero attached hydrogens (tertiary/aromatic N) is 6. The number of nitrogen functional groups attached to an aromatic ring is 1. The van der Waals surface area contributed by atoms with Crippen LogP contribution in [-0.2, 0) is 11.2 Å². The molecule has 11 aromatic heterocycles. The molecule has 0 bridgehead atoms. The second-order valence-electron chi connectivity index (χ2n) is 34.5. The summed E-state index contributed by atoms with van der Waals surface area (Å²) in [4.78, 5) is 48.3. The Bertz CT molecular complexity index is 8720. The number of rotatable bonds is 9. The maximum absolute atomic E-state index is 10.7. The van der Waals surface area contributed by atoms with Crippen LogP contribution >= 0.6 is 31.9 Å². The molecule has 0 atom stereocenters. The summed E-state index contributed by atoms with van der Waals surface area (Å²) in [6.45, 7) is 6.31. The van der Waals surface area contributed by atoms with Gasteiger partial charge in [-0.15, -0.1) is 0 Å². The molecule has 0 unspecified atom stereocenters.